The highest BCUT2D eigenvalue weighted by Gasteiger charge is 2.36. The summed E-state index contributed by atoms with van der Waals surface area (Å²) in [6.45, 7) is 5.36. The van der Waals surface area contributed by atoms with Crippen molar-refractivity contribution in [3.63, 3.8) is 0 Å². The summed E-state index contributed by atoms with van der Waals surface area (Å²) in [6.07, 6.45) is 0. The molecule has 2 fully saturated rings. The van der Waals surface area contributed by atoms with E-state index in [-0.39, 0.29) is 30.6 Å². The molecule has 2 aliphatic rings. The molecule has 23 heavy (non-hydrogen) atoms. The number of nitrogens with zero attached hydrogens (tertiary/aromatic N) is 1. The molecule has 1 aromatic heterocycles. The number of hydrogen-bond acceptors (Lipinski definition) is 3. The van der Waals surface area contributed by atoms with Crippen LogP contribution in [-0.2, 0) is 6.54 Å². The van der Waals surface area contributed by atoms with Crippen molar-refractivity contribution in [3.05, 3.63) is 48.0 Å². The van der Waals surface area contributed by atoms with Gasteiger partial charge in [0, 0.05) is 13.1 Å². The molecule has 0 saturated carbocycles. The second-order valence-electron chi connectivity index (χ2n) is 6.12. The molecule has 2 aromatic rings. The number of rotatable bonds is 3. The maximum Gasteiger partial charge on any atom is 0.137 e. The lowest BCUT2D eigenvalue weighted by Gasteiger charge is -2.14. The standard InChI is InChI=1S/C17H19FN2O.2ClH/c18-16-4-2-1-3-15(16)17-6-5-14(21-17)11-20-9-12-7-19-8-13(12)10-20;;/h1-6,12-13,19H,7-11H2;2*1H/t12-,13+;;. The van der Waals surface area contributed by atoms with Crippen molar-refractivity contribution >= 4 is 24.8 Å². The molecular formula is C17H21Cl2FN2O. The predicted molar refractivity (Wildman–Crippen MR) is 93.7 cm³/mol. The van der Waals surface area contributed by atoms with E-state index in [1.807, 2.05) is 18.2 Å². The van der Waals surface area contributed by atoms with Gasteiger partial charge in [-0.3, -0.25) is 4.90 Å². The Morgan fingerprint density at radius 3 is 2.43 bits per heavy atom. The quantitative estimate of drug-likeness (QED) is 0.908. The van der Waals surface area contributed by atoms with E-state index >= 15 is 0 Å². The van der Waals surface area contributed by atoms with Gasteiger partial charge in [-0.05, 0) is 49.2 Å². The van der Waals surface area contributed by atoms with Gasteiger partial charge in [-0.25, -0.2) is 4.39 Å². The molecule has 3 nitrogen and oxygen atoms in total. The third kappa shape index (κ3) is 3.72. The molecule has 0 radical (unpaired) electrons. The Morgan fingerprint density at radius 1 is 1.04 bits per heavy atom. The fraction of sp³-hybridized carbons (Fsp3) is 0.412. The van der Waals surface area contributed by atoms with Crippen molar-refractivity contribution in [2.45, 2.75) is 6.54 Å². The first-order valence-corrected chi connectivity index (χ1v) is 7.56. The number of nitrogens with one attached hydrogen (secondary N) is 1. The highest BCUT2D eigenvalue weighted by Crippen LogP contribution is 2.29. The summed E-state index contributed by atoms with van der Waals surface area (Å²) in [4.78, 5) is 2.44. The number of likely N-dealkylation sites (tertiary alicyclic amines) is 1. The SMILES string of the molecule is Cl.Cl.Fc1ccccc1-c1ccc(CN2C[C@H]3CNC[C@H]3C2)o1. The van der Waals surface area contributed by atoms with Crippen molar-refractivity contribution in [2.75, 3.05) is 26.2 Å². The molecule has 0 unspecified atom stereocenters. The Kier molecular flexibility index (Phi) is 6.09. The lowest BCUT2D eigenvalue weighted by atomic mass is 10.0. The zero-order valence-corrected chi connectivity index (χ0v) is 14.3. The minimum Gasteiger partial charge on any atom is -0.460 e. The van der Waals surface area contributed by atoms with Crippen molar-refractivity contribution in [1.29, 1.82) is 0 Å². The van der Waals surface area contributed by atoms with Crippen LogP contribution in [-0.4, -0.2) is 31.1 Å². The van der Waals surface area contributed by atoms with Crippen LogP contribution in [0.15, 0.2) is 40.8 Å². The van der Waals surface area contributed by atoms with Crippen LogP contribution in [0.4, 0.5) is 4.39 Å². The number of fused-ring (bicyclic) bond motifs is 1. The van der Waals surface area contributed by atoms with E-state index in [1.165, 1.54) is 6.07 Å². The third-order valence-electron chi connectivity index (χ3n) is 4.65. The average Bonchev–Trinajstić information content (AvgIpc) is 3.15. The largest absolute Gasteiger partial charge is 0.460 e. The smallest absolute Gasteiger partial charge is 0.137 e. The van der Waals surface area contributed by atoms with Crippen molar-refractivity contribution in [1.82, 2.24) is 10.2 Å². The molecule has 0 aliphatic carbocycles. The summed E-state index contributed by atoms with van der Waals surface area (Å²) >= 11 is 0. The van der Waals surface area contributed by atoms with Crippen LogP contribution in [0.5, 0.6) is 0 Å². The van der Waals surface area contributed by atoms with E-state index in [9.17, 15) is 4.39 Å². The second-order valence-corrected chi connectivity index (χ2v) is 6.12. The van der Waals surface area contributed by atoms with Crippen LogP contribution in [0.3, 0.4) is 0 Å². The van der Waals surface area contributed by atoms with Gasteiger partial charge in [0.25, 0.3) is 0 Å². The van der Waals surface area contributed by atoms with Crippen molar-refractivity contribution in [2.24, 2.45) is 11.8 Å². The van der Waals surface area contributed by atoms with Crippen molar-refractivity contribution in [3.8, 4) is 11.3 Å². The first kappa shape index (κ1) is 18.3. The summed E-state index contributed by atoms with van der Waals surface area (Å²) in [5.74, 6) is 2.86. The first-order chi connectivity index (χ1) is 10.3. The lowest BCUT2D eigenvalue weighted by molar-refractivity contribution is 0.279. The monoisotopic (exact) mass is 358 g/mol. The van der Waals surface area contributed by atoms with Gasteiger partial charge in [-0.2, -0.15) is 0 Å². The highest BCUT2D eigenvalue weighted by atomic mass is 35.5. The van der Waals surface area contributed by atoms with Crippen LogP contribution >= 0.6 is 24.8 Å². The van der Waals surface area contributed by atoms with Gasteiger partial charge in [-0.15, -0.1) is 24.8 Å². The second kappa shape index (κ2) is 7.67. The van der Waals surface area contributed by atoms with Gasteiger partial charge < -0.3 is 9.73 Å². The van der Waals surface area contributed by atoms with Crippen molar-refractivity contribution < 1.29 is 8.81 Å². The molecule has 4 rings (SSSR count). The van der Waals surface area contributed by atoms with E-state index in [1.54, 1.807) is 12.1 Å². The highest BCUT2D eigenvalue weighted by molar-refractivity contribution is 5.85. The summed E-state index contributed by atoms with van der Waals surface area (Å²) in [5, 5.41) is 3.45. The maximum absolute atomic E-state index is 13.8. The average molecular weight is 359 g/mol. The van der Waals surface area contributed by atoms with Gasteiger partial charge in [-0.1, -0.05) is 12.1 Å². The lowest BCUT2D eigenvalue weighted by Crippen LogP contribution is -2.25. The number of furan rings is 1. The molecule has 0 amide bonds. The van der Waals surface area contributed by atoms with E-state index < -0.39 is 0 Å². The maximum atomic E-state index is 13.8. The van der Waals surface area contributed by atoms with Gasteiger partial charge in [0.1, 0.15) is 17.3 Å². The van der Waals surface area contributed by atoms with Gasteiger partial charge in [0.15, 0.2) is 0 Å². The summed E-state index contributed by atoms with van der Waals surface area (Å²) < 4.78 is 19.6. The zero-order valence-electron chi connectivity index (χ0n) is 12.7. The van der Waals surface area contributed by atoms with E-state index in [2.05, 4.69) is 10.2 Å². The Morgan fingerprint density at radius 2 is 1.74 bits per heavy atom. The van der Waals surface area contributed by atoms with Crippen LogP contribution in [0.2, 0.25) is 0 Å². The Labute approximate surface area is 148 Å². The molecule has 2 saturated heterocycles. The normalized spacial score (nSPS) is 23.2. The molecule has 1 N–H and O–H groups in total. The fourth-order valence-corrected chi connectivity index (χ4v) is 3.57. The first-order valence-electron chi connectivity index (χ1n) is 7.56. The van der Waals surface area contributed by atoms with E-state index in [0.717, 1.165) is 50.3 Å². The molecular weight excluding hydrogens is 338 g/mol. The van der Waals surface area contributed by atoms with Crippen LogP contribution < -0.4 is 5.32 Å². The third-order valence-corrected chi connectivity index (χ3v) is 4.65. The summed E-state index contributed by atoms with van der Waals surface area (Å²) in [5.41, 5.74) is 0.534. The zero-order chi connectivity index (χ0) is 14.2. The minimum atomic E-state index is -0.236. The summed E-state index contributed by atoms with van der Waals surface area (Å²) in [6, 6.07) is 10.6. The number of hydrogen-bond donors (Lipinski definition) is 1. The topological polar surface area (TPSA) is 28.4 Å². The van der Waals surface area contributed by atoms with E-state index in [4.69, 9.17) is 4.42 Å². The van der Waals surface area contributed by atoms with Gasteiger partial charge in [0.2, 0.25) is 0 Å². The molecule has 0 spiro atoms. The van der Waals surface area contributed by atoms with Gasteiger partial charge >= 0.3 is 0 Å². The molecule has 2 atom stereocenters. The Bertz CT molecular complexity index is 637. The van der Waals surface area contributed by atoms with Crippen LogP contribution in [0, 0.1) is 17.7 Å². The Hall–Kier alpha value is -1.07. The molecule has 6 heteroatoms. The molecule has 1 aromatic carbocycles. The molecule has 126 valence electrons. The molecule has 0 bridgehead atoms. The van der Waals surface area contributed by atoms with Crippen LogP contribution in [0.25, 0.3) is 11.3 Å². The fourth-order valence-electron chi connectivity index (χ4n) is 3.57. The van der Waals surface area contributed by atoms with E-state index in [0.29, 0.717) is 11.3 Å². The number of halogens is 3. The summed E-state index contributed by atoms with van der Waals surface area (Å²) in [7, 11) is 0. The number of benzene rings is 1. The van der Waals surface area contributed by atoms with Gasteiger partial charge in [0.05, 0.1) is 12.1 Å². The Balaban J connectivity index is 0.000000960. The minimum absolute atomic E-state index is 0. The molecule has 2 aliphatic heterocycles. The predicted octanol–water partition coefficient (Wildman–Crippen LogP) is 3.58. The molecule has 3 heterocycles. The van der Waals surface area contributed by atoms with Crippen LogP contribution in [0.1, 0.15) is 5.76 Å².